The first-order chi connectivity index (χ1) is 14.3. The Balaban J connectivity index is 2.15. The highest BCUT2D eigenvalue weighted by atomic mass is 19.4. The molecule has 0 aliphatic heterocycles. The number of hydrogen-bond donors (Lipinski definition) is 1. The topological polar surface area (TPSA) is 64.3 Å². The third-order valence-electron chi connectivity index (χ3n) is 4.31. The normalized spacial score (nSPS) is 11.7. The fourth-order valence-corrected chi connectivity index (χ4v) is 2.92. The van der Waals surface area contributed by atoms with Crippen LogP contribution in [0.25, 0.3) is 17.5 Å². The second-order valence-electron chi connectivity index (χ2n) is 6.43. The van der Waals surface area contributed by atoms with Crippen LogP contribution < -0.4 is 0 Å². The summed E-state index contributed by atoms with van der Waals surface area (Å²) in [6.45, 7) is 2.35. The van der Waals surface area contributed by atoms with Crippen LogP contribution in [-0.2, 0) is 17.5 Å². The van der Waals surface area contributed by atoms with Gasteiger partial charge in [-0.15, -0.1) is 0 Å². The van der Waals surface area contributed by atoms with E-state index in [1.807, 2.05) is 6.07 Å². The van der Waals surface area contributed by atoms with Crippen molar-refractivity contribution >= 4 is 12.0 Å². The maximum atomic E-state index is 13.4. The van der Waals surface area contributed by atoms with Crippen LogP contribution in [0.5, 0.6) is 0 Å². The van der Waals surface area contributed by atoms with Gasteiger partial charge in [0.15, 0.2) is 5.69 Å². The van der Waals surface area contributed by atoms with Gasteiger partial charge in [-0.3, -0.25) is 0 Å². The van der Waals surface area contributed by atoms with Gasteiger partial charge >= 0.3 is 12.1 Å². The van der Waals surface area contributed by atoms with Crippen LogP contribution in [0.3, 0.4) is 0 Å². The van der Waals surface area contributed by atoms with Gasteiger partial charge in [-0.1, -0.05) is 30.3 Å². The molecule has 0 amide bonds. The molecule has 0 aliphatic carbocycles. The SMILES string of the molecule is CCOC=Cc1cc(C(=O)O)ccc1-c1nc(C(F)(F)F)cn1Cc1ccccc1. The van der Waals surface area contributed by atoms with Crippen molar-refractivity contribution in [2.24, 2.45) is 0 Å². The molecule has 1 heterocycles. The minimum atomic E-state index is -4.61. The van der Waals surface area contributed by atoms with Crippen molar-refractivity contribution in [3.63, 3.8) is 0 Å². The molecule has 2 aromatic carbocycles. The van der Waals surface area contributed by atoms with Crippen molar-refractivity contribution in [2.45, 2.75) is 19.6 Å². The van der Waals surface area contributed by atoms with Crippen molar-refractivity contribution in [1.82, 2.24) is 9.55 Å². The summed E-state index contributed by atoms with van der Waals surface area (Å²) >= 11 is 0. The van der Waals surface area contributed by atoms with Crippen LogP contribution in [0, 0.1) is 0 Å². The number of imidazole rings is 1. The maximum absolute atomic E-state index is 13.4. The van der Waals surface area contributed by atoms with Gasteiger partial charge < -0.3 is 14.4 Å². The van der Waals surface area contributed by atoms with Gasteiger partial charge in [0.05, 0.1) is 18.4 Å². The number of carboxylic acids is 1. The van der Waals surface area contributed by atoms with Crippen LogP contribution in [0.2, 0.25) is 0 Å². The lowest BCUT2D eigenvalue weighted by molar-refractivity contribution is -0.140. The number of ether oxygens (including phenoxy) is 1. The van der Waals surface area contributed by atoms with E-state index in [0.717, 1.165) is 11.8 Å². The van der Waals surface area contributed by atoms with E-state index in [4.69, 9.17) is 4.74 Å². The summed E-state index contributed by atoms with van der Waals surface area (Å²) in [5.74, 6) is -1.06. The summed E-state index contributed by atoms with van der Waals surface area (Å²) in [6, 6.07) is 13.2. The van der Waals surface area contributed by atoms with Gasteiger partial charge in [0.25, 0.3) is 0 Å². The molecule has 0 spiro atoms. The first-order valence-electron chi connectivity index (χ1n) is 9.13. The van der Waals surface area contributed by atoms with Crippen molar-refractivity contribution < 1.29 is 27.8 Å². The molecule has 30 heavy (non-hydrogen) atoms. The average molecular weight is 416 g/mol. The number of nitrogens with zero attached hydrogens (tertiary/aromatic N) is 2. The molecule has 0 bridgehead atoms. The molecule has 0 unspecified atom stereocenters. The fraction of sp³-hybridized carbons (Fsp3) is 0.182. The van der Waals surface area contributed by atoms with Gasteiger partial charge in [0.2, 0.25) is 0 Å². The predicted molar refractivity (Wildman–Crippen MR) is 106 cm³/mol. The predicted octanol–water partition coefficient (Wildman–Crippen LogP) is 5.32. The quantitative estimate of drug-likeness (QED) is 0.530. The van der Waals surface area contributed by atoms with Crippen LogP contribution in [0.1, 0.15) is 34.1 Å². The van der Waals surface area contributed by atoms with Gasteiger partial charge in [-0.2, -0.15) is 13.2 Å². The number of aromatic carboxylic acids is 1. The van der Waals surface area contributed by atoms with E-state index in [2.05, 4.69) is 4.98 Å². The van der Waals surface area contributed by atoms with Crippen molar-refractivity contribution in [3.05, 3.63) is 83.4 Å². The van der Waals surface area contributed by atoms with E-state index in [0.29, 0.717) is 17.7 Å². The Morgan fingerprint density at radius 2 is 1.93 bits per heavy atom. The molecule has 8 heteroatoms. The highest BCUT2D eigenvalue weighted by molar-refractivity contribution is 5.90. The highest BCUT2D eigenvalue weighted by Crippen LogP contribution is 2.33. The summed E-state index contributed by atoms with van der Waals surface area (Å²) in [4.78, 5) is 15.2. The second kappa shape index (κ2) is 8.86. The lowest BCUT2D eigenvalue weighted by Gasteiger charge is -2.11. The molecule has 0 saturated carbocycles. The number of benzene rings is 2. The Morgan fingerprint density at radius 3 is 2.57 bits per heavy atom. The van der Waals surface area contributed by atoms with E-state index in [1.54, 1.807) is 31.2 Å². The molecule has 1 aromatic heterocycles. The standard InChI is InChI=1S/C22H19F3N2O3/c1-2-30-11-10-16-12-17(21(28)29)8-9-18(16)20-26-19(22(23,24)25)14-27(20)13-15-6-4-3-5-7-15/h3-12,14H,2,13H2,1H3,(H,28,29). The third-order valence-corrected chi connectivity index (χ3v) is 4.31. The van der Waals surface area contributed by atoms with Crippen LogP contribution in [0.4, 0.5) is 13.2 Å². The Hall–Kier alpha value is -3.55. The minimum absolute atomic E-state index is 0.00658. The lowest BCUT2D eigenvalue weighted by atomic mass is 10.0. The monoisotopic (exact) mass is 416 g/mol. The van der Waals surface area contributed by atoms with Gasteiger partial charge in [-0.25, -0.2) is 9.78 Å². The third kappa shape index (κ3) is 4.89. The number of carboxylic acid groups (broad SMARTS) is 1. The number of rotatable bonds is 7. The van der Waals surface area contributed by atoms with E-state index < -0.39 is 17.8 Å². The molecule has 0 radical (unpaired) electrons. The first kappa shape index (κ1) is 21.2. The fourth-order valence-electron chi connectivity index (χ4n) is 2.92. The van der Waals surface area contributed by atoms with E-state index >= 15 is 0 Å². The van der Waals surface area contributed by atoms with Gasteiger partial charge in [0.1, 0.15) is 5.82 Å². The van der Waals surface area contributed by atoms with E-state index in [1.165, 1.54) is 35.1 Å². The molecule has 3 aromatic rings. The van der Waals surface area contributed by atoms with E-state index in [-0.39, 0.29) is 17.9 Å². The Bertz CT molecular complexity index is 1060. The van der Waals surface area contributed by atoms with Crippen LogP contribution in [0.15, 0.2) is 61.0 Å². The molecule has 0 aliphatic rings. The zero-order valence-corrected chi connectivity index (χ0v) is 16.1. The molecule has 0 atom stereocenters. The van der Waals surface area contributed by atoms with Crippen LogP contribution in [-0.4, -0.2) is 27.2 Å². The van der Waals surface area contributed by atoms with E-state index in [9.17, 15) is 23.1 Å². The van der Waals surface area contributed by atoms with Gasteiger partial charge in [-0.05, 0) is 42.3 Å². The van der Waals surface area contributed by atoms with Gasteiger partial charge in [0, 0.05) is 18.3 Å². The smallest absolute Gasteiger partial charge is 0.434 e. The summed E-state index contributed by atoms with van der Waals surface area (Å²) in [6.07, 6.45) is -0.762. The summed E-state index contributed by atoms with van der Waals surface area (Å²) in [7, 11) is 0. The maximum Gasteiger partial charge on any atom is 0.434 e. The molecule has 0 fully saturated rings. The second-order valence-corrected chi connectivity index (χ2v) is 6.43. The number of carbonyl (C=O) groups is 1. The minimum Gasteiger partial charge on any atom is -0.501 e. The van der Waals surface area contributed by atoms with Crippen molar-refractivity contribution in [3.8, 4) is 11.4 Å². The zero-order chi connectivity index (χ0) is 21.7. The molecular weight excluding hydrogens is 397 g/mol. The number of alkyl halides is 3. The zero-order valence-electron chi connectivity index (χ0n) is 16.1. The Labute approximate surface area is 171 Å². The molecule has 5 nitrogen and oxygen atoms in total. The lowest BCUT2D eigenvalue weighted by Crippen LogP contribution is -2.05. The van der Waals surface area contributed by atoms with Crippen LogP contribution >= 0.6 is 0 Å². The first-order valence-corrected chi connectivity index (χ1v) is 9.13. The largest absolute Gasteiger partial charge is 0.501 e. The Kier molecular flexibility index (Phi) is 6.25. The summed E-state index contributed by atoms with van der Waals surface area (Å²) < 4.78 is 46.7. The molecule has 3 rings (SSSR count). The summed E-state index contributed by atoms with van der Waals surface area (Å²) in [5, 5.41) is 9.28. The number of halogens is 3. The molecule has 1 N–H and O–H groups in total. The molecule has 156 valence electrons. The highest BCUT2D eigenvalue weighted by Gasteiger charge is 2.35. The van der Waals surface area contributed by atoms with Crippen molar-refractivity contribution in [2.75, 3.05) is 6.61 Å². The molecule has 0 saturated heterocycles. The summed E-state index contributed by atoms with van der Waals surface area (Å²) in [5.41, 5.74) is 0.542. The molecular formula is C22H19F3N2O3. The number of aromatic nitrogens is 2. The Morgan fingerprint density at radius 1 is 1.20 bits per heavy atom. The van der Waals surface area contributed by atoms with Crippen molar-refractivity contribution in [1.29, 1.82) is 0 Å². The average Bonchev–Trinajstić information content (AvgIpc) is 3.13. The number of hydrogen-bond acceptors (Lipinski definition) is 3.